The minimum atomic E-state index is -1.54. The highest BCUT2D eigenvalue weighted by molar-refractivity contribution is 6.55. The van der Waals surface area contributed by atoms with Crippen LogP contribution >= 0.6 is 46.4 Å². The fourth-order valence-electron chi connectivity index (χ4n) is 4.63. The van der Waals surface area contributed by atoms with E-state index in [-0.39, 0.29) is 39.5 Å². The number of alkyl halides is 3. The average molecular weight is 693 g/mol. The molecule has 0 amide bonds. The van der Waals surface area contributed by atoms with Crippen molar-refractivity contribution in [2.75, 3.05) is 32.2 Å². The lowest BCUT2D eigenvalue weighted by molar-refractivity contribution is -0.0398. The highest BCUT2D eigenvalue weighted by Crippen LogP contribution is 2.50. The Bertz CT molecular complexity index is 1530. The molecule has 12 heteroatoms. The Labute approximate surface area is 282 Å². The number of rotatable bonds is 16. The van der Waals surface area contributed by atoms with Gasteiger partial charge in [-0.15, -0.1) is 11.6 Å². The van der Waals surface area contributed by atoms with Gasteiger partial charge in [-0.3, -0.25) is 4.98 Å². The molecule has 2 atom stereocenters. The second kappa shape index (κ2) is 16.6. The number of nitrogens with zero attached hydrogens (tertiary/aromatic N) is 2. The Balaban J connectivity index is 1.62. The summed E-state index contributed by atoms with van der Waals surface area (Å²) in [6, 6.07) is 16.7. The van der Waals surface area contributed by atoms with Crippen molar-refractivity contribution in [2.45, 2.75) is 35.6 Å². The zero-order valence-corrected chi connectivity index (χ0v) is 27.3. The van der Waals surface area contributed by atoms with Gasteiger partial charge in [-0.1, -0.05) is 77.3 Å². The molecule has 8 nitrogen and oxygen atoms in total. The summed E-state index contributed by atoms with van der Waals surface area (Å²) in [4.78, 5) is 4.09. The van der Waals surface area contributed by atoms with E-state index >= 15 is 0 Å². The molecular weight excluding hydrogens is 660 g/mol. The molecule has 0 fully saturated rings. The van der Waals surface area contributed by atoms with Crippen LogP contribution in [-0.4, -0.2) is 63.5 Å². The molecule has 0 saturated heterocycles. The highest BCUT2D eigenvalue weighted by atomic mass is 35.5. The Morgan fingerprint density at radius 1 is 1.07 bits per heavy atom. The van der Waals surface area contributed by atoms with Crippen molar-refractivity contribution in [1.82, 2.24) is 10.3 Å². The first-order chi connectivity index (χ1) is 21.7. The molecule has 3 aromatic rings. The molecule has 0 aliphatic heterocycles. The van der Waals surface area contributed by atoms with E-state index < -0.39 is 16.0 Å². The van der Waals surface area contributed by atoms with Crippen molar-refractivity contribution < 1.29 is 24.4 Å². The van der Waals surface area contributed by atoms with Crippen LogP contribution < -0.4 is 14.8 Å². The number of ether oxygens (including phenoxy) is 3. The van der Waals surface area contributed by atoms with Crippen LogP contribution in [0.4, 0.5) is 0 Å². The van der Waals surface area contributed by atoms with E-state index in [9.17, 15) is 10.4 Å². The molecule has 238 valence electrons. The third kappa shape index (κ3) is 8.91. The van der Waals surface area contributed by atoms with Crippen LogP contribution in [0.1, 0.15) is 28.7 Å². The number of nitriles is 1. The van der Waals surface area contributed by atoms with E-state index in [0.717, 1.165) is 5.56 Å². The maximum absolute atomic E-state index is 9.76. The maximum Gasteiger partial charge on any atom is 0.179 e. The fraction of sp³-hybridized carbons (Fsp3) is 0.333. The lowest BCUT2D eigenvalue weighted by Gasteiger charge is -2.43. The van der Waals surface area contributed by atoms with Crippen LogP contribution in [0.15, 0.2) is 79.2 Å². The first kappa shape index (κ1) is 35.0. The zero-order chi connectivity index (χ0) is 32.3. The van der Waals surface area contributed by atoms with Gasteiger partial charge in [0.05, 0.1) is 23.3 Å². The van der Waals surface area contributed by atoms with Crippen LogP contribution in [0.25, 0.3) is 5.57 Å². The molecule has 0 radical (unpaired) electrons. The molecule has 3 N–H and O–H groups in total. The van der Waals surface area contributed by atoms with Gasteiger partial charge >= 0.3 is 0 Å². The second-order valence-corrected chi connectivity index (χ2v) is 12.4. The Kier molecular flexibility index (Phi) is 13.0. The average Bonchev–Trinajstić information content (AvgIpc) is 3.05. The van der Waals surface area contributed by atoms with Crippen molar-refractivity contribution in [3.8, 4) is 17.6 Å². The third-order valence-corrected chi connectivity index (χ3v) is 8.61. The summed E-state index contributed by atoms with van der Waals surface area (Å²) in [5, 5.41) is 31.5. The Hall–Kier alpha value is -2.84. The van der Waals surface area contributed by atoms with Gasteiger partial charge in [0.2, 0.25) is 0 Å². The Morgan fingerprint density at radius 2 is 1.87 bits per heavy atom. The SMILES string of the molecule is N#Cc1cncc(COc2cc(OCC3(OCCCCl)C=CC=C(c4ccccc4)C3(Cl)Cl)c(Cl)cc2CNCC(O)CO)c1. The number of aliphatic hydroxyl groups is 2. The summed E-state index contributed by atoms with van der Waals surface area (Å²) in [5.74, 6) is 1.12. The van der Waals surface area contributed by atoms with Crippen LogP contribution in [0.3, 0.4) is 0 Å². The molecule has 0 bridgehead atoms. The van der Waals surface area contributed by atoms with Gasteiger partial charge in [0.25, 0.3) is 0 Å². The zero-order valence-electron chi connectivity index (χ0n) is 24.3. The predicted octanol–water partition coefficient (Wildman–Crippen LogP) is 6.22. The normalized spacial score (nSPS) is 17.8. The van der Waals surface area contributed by atoms with Crippen LogP contribution in [0.5, 0.6) is 11.5 Å². The summed E-state index contributed by atoms with van der Waals surface area (Å²) in [7, 11) is 0. The molecule has 4 rings (SSSR count). The summed E-state index contributed by atoms with van der Waals surface area (Å²) in [6.07, 6.45) is 8.19. The molecule has 0 spiro atoms. The minimum Gasteiger partial charge on any atom is -0.488 e. The van der Waals surface area contributed by atoms with Gasteiger partial charge in [0.1, 0.15) is 30.8 Å². The van der Waals surface area contributed by atoms with Gasteiger partial charge in [-0.25, -0.2) is 0 Å². The molecule has 45 heavy (non-hydrogen) atoms. The van der Waals surface area contributed by atoms with Crippen molar-refractivity contribution in [3.63, 3.8) is 0 Å². The van der Waals surface area contributed by atoms with E-state index in [2.05, 4.69) is 16.4 Å². The molecule has 1 aromatic heterocycles. The van der Waals surface area contributed by atoms with Gasteiger partial charge in [-0.05, 0) is 35.8 Å². The molecular formula is C33H33Cl4N3O5. The number of allylic oxidation sites excluding steroid dienone is 2. The quantitative estimate of drug-likeness (QED) is 0.120. The van der Waals surface area contributed by atoms with E-state index in [1.807, 2.05) is 42.5 Å². The number of hydrogen-bond donors (Lipinski definition) is 3. The number of benzene rings is 2. The van der Waals surface area contributed by atoms with E-state index in [0.29, 0.717) is 51.1 Å². The number of halogens is 4. The van der Waals surface area contributed by atoms with Crippen molar-refractivity contribution in [1.29, 1.82) is 5.26 Å². The topological polar surface area (TPSA) is 117 Å². The molecule has 1 aliphatic carbocycles. The third-order valence-electron chi connectivity index (χ3n) is 7.00. The largest absolute Gasteiger partial charge is 0.488 e. The van der Waals surface area contributed by atoms with Crippen molar-refractivity contribution in [3.05, 3.63) is 106 Å². The number of pyridine rings is 1. The molecule has 2 unspecified atom stereocenters. The van der Waals surface area contributed by atoms with E-state index in [4.69, 9.17) is 65.7 Å². The Morgan fingerprint density at radius 3 is 2.60 bits per heavy atom. The molecule has 1 heterocycles. The highest BCUT2D eigenvalue weighted by Gasteiger charge is 2.54. The fourth-order valence-corrected chi connectivity index (χ4v) is 5.67. The van der Waals surface area contributed by atoms with Gasteiger partial charge in [-0.2, -0.15) is 5.26 Å². The lowest BCUT2D eigenvalue weighted by Crippen LogP contribution is -2.53. The van der Waals surface area contributed by atoms with Crippen LogP contribution in [-0.2, 0) is 17.9 Å². The van der Waals surface area contributed by atoms with E-state index in [1.165, 1.54) is 6.20 Å². The molecule has 1 aliphatic rings. The monoisotopic (exact) mass is 691 g/mol. The van der Waals surface area contributed by atoms with Gasteiger partial charge in [0.15, 0.2) is 9.93 Å². The number of aromatic nitrogens is 1. The molecule has 0 saturated carbocycles. The number of nitrogens with one attached hydrogen (secondary N) is 1. The van der Waals surface area contributed by atoms with Gasteiger partial charge in [0, 0.05) is 55.2 Å². The second-order valence-electron chi connectivity index (χ2n) is 10.3. The number of aliphatic hydroxyl groups excluding tert-OH is 2. The predicted molar refractivity (Wildman–Crippen MR) is 177 cm³/mol. The first-order valence-corrected chi connectivity index (χ1v) is 15.8. The van der Waals surface area contributed by atoms with E-state index in [1.54, 1.807) is 30.5 Å². The standard InChI is InChI=1S/C33H33Cl4N3O5/c34-10-5-11-45-32(9-4-8-28(33(32,36)37)25-6-2-1-3-7-25)22-44-31-14-30(43-21-24-12-23(15-38)16-39-17-24)26(13-29(31)35)18-40-19-27(42)20-41/h1-4,6-9,12-14,16-17,27,40-42H,5,10-11,18-22H2. The van der Waals surface area contributed by atoms with Gasteiger partial charge < -0.3 is 29.7 Å². The maximum atomic E-state index is 9.76. The van der Waals surface area contributed by atoms with Crippen molar-refractivity contribution >= 4 is 52.0 Å². The van der Waals surface area contributed by atoms with Crippen molar-refractivity contribution in [2.24, 2.45) is 0 Å². The van der Waals surface area contributed by atoms with Crippen LogP contribution in [0, 0.1) is 11.3 Å². The lowest BCUT2D eigenvalue weighted by atomic mass is 9.85. The smallest absolute Gasteiger partial charge is 0.179 e. The van der Waals surface area contributed by atoms with Crippen LogP contribution in [0.2, 0.25) is 5.02 Å². The summed E-state index contributed by atoms with van der Waals surface area (Å²) in [5.41, 5.74) is 1.95. The summed E-state index contributed by atoms with van der Waals surface area (Å²) >= 11 is 27.0. The molecule has 2 aromatic carbocycles. The summed E-state index contributed by atoms with van der Waals surface area (Å²) in [6.45, 7) is 0.341. The number of hydrogen-bond acceptors (Lipinski definition) is 8. The minimum absolute atomic E-state index is 0.101. The summed E-state index contributed by atoms with van der Waals surface area (Å²) < 4.78 is 17.3. The first-order valence-electron chi connectivity index (χ1n) is 14.2.